The molecule has 0 spiro atoms. The van der Waals surface area contributed by atoms with Crippen LogP contribution < -0.4 is 0 Å². The van der Waals surface area contributed by atoms with Gasteiger partial charge in [0.2, 0.25) is 0 Å². The fraction of sp³-hybridized carbons (Fsp3) is 0.400. The fourth-order valence-corrected chi connectivity index (χ4v) is 0.802. The largest absolute Gasteiger partial charge is 0.0891 e. The van der Waals surface area contributed by atoms with E-state index in [1.165, 1.54) is 12.8 Å². The van der Waals surface area contributed by atoms with Crippen molar-refractivity contribution in [2.45, 2.75) is 25.7 Å². The predicted molar refractivity (Wildman–Crippen MR) is 43.2 cm³/mol. The molecule has 0 unspecified atom stereocenters. The lowest BCUT2D eigenvalue weighted by atomic mass is 10.2. The summed E-state index contributed by atoms with van der Waals surface area (Å²) >= 11 is 0. The summed E-state index contributed by atoms with van der Waals surface area (Å²) < 4.78 is 0. The minimum atomic E-state index is 1.00. The number of rotatable bonds is 0. The third-order valence-electron chi connectivity index (χ3n) is 1.35. The van der Waals surface area contributed by atoms with Crippen molar-refractivity contribution < 1.29 is 0 Å². The zero-order valence-electron chi connectivity index (χ0n) is 5.98. The first-order valence-corrected chi connectivity index (χ1v) is 3.63. The molecule has 10 heavy (non-hydrogen) atoms. The average Bonchev–Trinajstić information content (AvgIpc) is 2.01. The van der Waals surface area contributed by atoms with E-state index >= 15 is 0 Å². The van der Waals surface area contributed by atoms with Crippen molar-refractivity contribution in [3.63, 3.8) is 0 Å². The molecule has 1 aliphatic rings. The summed E-state index contributed by atoms with van der Waals surface area (Å²) in [5.41, 5.74) is 0. The standard InChI is InChI=1S/C10H10/c1-2-4-6-8-10-9-7-5-3-1/h1-2H,3,5,7,9H2. The molecule has 0 heterocycles. The lowest BCUT2D eigenvalue weighted by molar-refractivity contribution is 0.772. The van der Waals surface area contributed by atoms with Gasteiger partial charge in [-0.1, -0.05) is 17.9 Å². The van der Waals surface area contributed by atoms with Crippen LogP contribution in [-0.4, -0.2) is 0 Å². The second-order valence-corrected chi connectivity index (χ2v) is 2.22. The van der Waals surface area contributed by atoms with Crippen LogP contribution in [0, 0.1) is 23.7 Å². The second-order valence-electron chi connectivity index (χ2n) is 2.22. The van der Waals surface area contributed by atoms with Gasteiger partial charge >= 0.3 is 0 Å². The molecular formula is C10H10. The maximum absolute atomic E-state index is 3.00. The molecule has 0 aromatic heterocycles. The van der Waals surface area contributed by atoms with Crippen LogP contribution >= 0.6 is 0 Å². The molecule has 1 rings (SSSR count). The van der Waals surface area contributed by atoms with Gasteiger partial charge < -0.3 is 0 Å². The fourth-order valence-electron chi connectivity index (χ4n) is 0.802. The summed E-state index contributed by atoms with van der Waals surface area (Å²) in [6.07, 6.45) is 8.60. The molecular weight excluding hydrogens is 120 g/mol. The molecule has 0 saturated heterocycles. The van der Waals surface area contributed by atoms with Crippen LogP contribution in [0.15, 0.2) is 12.2 Å². The Bertz CT molecular complexity index is 224. The van der Waals surface area contributed by atoms with Gasteiger partial charge in [-0.05, 0) is 37.2 Å². The van der Waals surface area contributed by atoms with Crippen molar-refractivity contribution in [3.05, 3.63) is 12.2 Å². The summed E-state index contributed by atoms with van der Waals surface area (Å²) in [6, 6.07) is 0. The highest BCUT2D eigenvalue weighted by Gasteiger charge is 1.82. The summed E-state index contributed by atoms with van der Waals surface area (Å²) in [5, 5.41) is 0. The summed E-state index contributed by atoms with van der Waals surface area (Å²) in [6.45, 7) is 0. The molecule has 1 aliphatic carbocycles. The van der Waals surface area contributed by atoms with E-state index in [4.69, 9.17) is 0 Å². The van der Waals surface area contributed by atoms with Gasteiger partial charge in [0, 0.05) is 6.42 Å². The van der Waals surface area contributed by atoms with Crippen molar-refractivity contribution in [3.8, 4) is 23.7 Å². The van der Waals surface area contributed by atoms with Crippen molar-refractivity contribution >= 4 is 0 Å². The van der Waals surface area contributed by atoms with Gasteiger partial charge in [-0.2, -0.15) is 0 Å². The summed E-state index contributed by atoms with van der Waals surface area (Å²) in [4.78, 5) is 0. The molecule has 0 fully saturated rings. The number of allylic oxidation sites excluding steroid dienone is 2. The topological polar surface area (TPSA) is 0 Å². The lowest BCUT2D eigenvalue weighted by Crippen LogP contribution is -1.73. The van der Waals surface area contributed by atoms with E-state index in [0.29, 0.717) is 0 Å². The van der Waals surface area contributed by atoms with Gasteiger partial charge in [-0.25, -0.2) is 0 Å². The van der Waals surface area contributed by atoms with Crippen molar-refractivity contribution in [1.82, 2.24) is 0 Å². The first kappa shape index (κ1) is 6.97. The maximum atomic E-state index is 3.00. The van der Waals surface area contributed by atoms with Gasteiger partial charge in [0.15, 0.2) is 0 Å². The zero-order chi connectivity index (χ0) is 7.07. The van der Waals surface area contributed by atoms with Crippen molar-refractivity contribution in [2.24, 2.45) is 0 Å². The highest BCUT2D eigenvalue weighted by molar-refractivity contribution is 5.30. The normalized spacial score (nSPS) is 16.0. The molecule has 0 aliphatic heterocycles. The highest BCUT2D eigenvalue weighted by Crippen LogP contribution is 1.99. The number of hydrogen-bond acceptors (Lipinski definition) is 0. The van der Waals surface area contributed by atoms with Crippen LogP contribution in [0.1, 0.15) is 25.7 Å². The maximum Gasteiger partial charge on any atom is 0.00990 e. The molecule has 0 radical (unpaired) electrons. The molecule has 0 amide bonds. The van der Waals surface area contributed by atoms with Crippen molar-refractivity contribution in [1.29, 1.82) is 0 Å². The van der Waals surface area contributed by atoms with E-state index in [2.05, 4.69) is 29.8 Å². The molecule has 0 aromatic carbocycles. The van der Waals surface area contributed by atoms with Crippen LogP contribution in [0.4, 0.5) is 0 Å². The monoisotopic (exact) mass is 130 g/mol. The zero-order valence-corrected chi connectivity index (χ0v) is 5.98. The van der Waals surface area contributed by atoms with Gasteiger partial charge in [0.1, 0.15) is 0 Å². The van der Waals surface area contributed by atoms with E-state index < -0.39 is 0 Å². The molecule has 0 nitrogen and oxygen atoms in total. The molecule has 50 valence electrons. The summed E-state index contributed by atoms with van der Waals surface area (Å²) in [5.74, 6) is 11.4. The van der Waals surface area contributed by atoms with Crippen molar-refractivity contribution in [2.75, 3.05) is 0 Å². The minimum absolute atomic E-state index is 1.00. The predicted octanol–water partition coefficient (Wildman–Crippen LogP) is 2.12. The minimum Gasteiger partial charge on any atom is -0.0891 e. The quantitative estimate of drug-likeness (QED) is 0.441. The lowest BCUT2D eigenvalue weighted by Gasteiger charge is -1.89. The smallest absolute Gasteiger partial charge is 0.00990 e. The molecule has 0 atom stereocenters. The van der Waals surface area contributed by atoms with Crippen LogP contribution in [0.3, 0.4) is 0 Å². The Kier molecular flexibility index (Phi) is 3.29. The third-order valence-corrected chi connectivity index (χ3v) is 1.35. The first-order valence-electron chi connectivity index (χ1n) is 3.63. The molecule has 0 saturated carbocycles. The molecule has 0 bridgehead atoms. The Morgan fingerprint density at radius 3 is 3.10 bits per heavy atom. The Labute approximate surface area is 62.3 Å². The summed E-state index contributed by atoms with van der Waals surface area (Å²) in [7, 11) is 0. The Morgan fingerprint density at radius 2 is 2.10 bits per heavy atom. The molecule has 0 N–H and O–H groups in total. The van der Waals surface area contributed by atoms with Crippen LogP contribution in [0.2, 0.25) is 0 Å². The van der Waals surface area contributed by atoms with E-state index in [0.717, 1.165) is 12.8 Å². The van der Waals surface area contributed by atoms with Gasteiger partial charge in [-0.15, -0.1) is 0 Å². The van der Waals surface area contributed by atoms with Crippen LogP contribution in [-0.2, 0) is 0 Å². The van der Waals surface area contributed by atoms with E-state index in [-0.39, 0.29) is 0 Å². The van der Waals surface area contributed by atoms with Gasteiger partial charge in [0.25, 0.3) is 0 Å². The van der Waals surface area contributed by atoms with E-state index in [1.54, 1.807) is 0 Å². The SMILES string of the molecule is C1#CC=CCCCCC#C1. The third kappa shape index (κ3) is 3.00. The van der Waals surface area contributed by atoms with Crippen LogP contribution in [0.5, 0.6) is 0 Å². The molecule has 0 aromatic rings. The first-order chi connectivity index (χ1) is 5.00. The Morgan fingerprint density at radius 1 is 1.10 bits per heavy atom. The van der Waals surface area contributed by atoms with Gasteiger partial charge in [0.05, 0.1) is 0 Å². The second kappa shape index (κ2) is 4.71. The molecule has 0 heteroatoms. The van der Waals surface area contributed by atoms with Crippen LogP contribution in [0.25, 0.3) is 0 Å². The Hall–Kier alpha value is -1.14. The highest BCUT2D eigenvalue weighted by atomic mass is 13.9. The van der Waals surface area contributed by atoms with E-state index in [9.17, 15) is 0 Å². The Balaban J connectivity index is 2.52. The average molecular weight is 130 g/mol. The number of hydrogen-bond donors (Lipinski definition) is 0. The van der Waals surface area contributed by atoms with Gasteiger partial charge in [-0.3, -0.25) is 0 Å². The van der Waals surface area contributed by atoms with E-state index in [1.807, 2.05) is 6.08 Å².